The minimum atomic E-state index is -2.86. The maximum atomic E-state index is 11.7. The normalized spacial score (nSPS) is 40.5. The number of likely N-dealkylation sites (tertiary alicyclic amines) is 1. The van der Waals surface area contributed by atoms with Crippen molar-refractivity contribution in [2.75, 3.05) is 25.9 Å². The van der Waals surface area contributed by atoms with Gasteiger partial charge in [0, 0.05) is 19.3 Å². The van der Waals surface area contributed by atoms with Crippen molar-refractivity contribution in [3.05, 3.63) is 12.2 Å². The molecule has 1 aliphatic heterocycles. The highest BCUT2D eigenvalue weighted by molar-refractivity contribution is 7.91. The molecule has 0 aromatic heterocycles. The van der Waals surface area contributed by atoms with Crippen molar-refractivity contribution < 1.29 is 8.42 Å². The van der Waals surface area contributed by atoms with E-state index in [0.717, 1.165) is 50.2 Å². The molecular weight excluding hydrogens is 246 g/mol. The summed E-state index contributed by atoms with van der Waals surface area (Å²) in [7, 11) is -2.86. The fourth-order valence-electron chi connectivity index (χ4n) is 3.96. The Bertz CT molecular complexity index is 443. The van der Waals surface area contributed by atoms with Crippen molar-refractivity contribution in [1.82, 2.24) is 4.90 Å². The average molecular weight is 269 g/mol. The second kappa shape index (κ2) is 4.64. The van der Waals surface area contributed by atoms with Crippen molar-refractivity contribution in [2.45, 2.75) is 30.9 Å². The van der Waals surface area contributed by atoms with Crippen LogP contribution >= 0.6 is 0 Å². The van der Waals surface area contributed by atoms with Gasteiger partial charge in [-0.25, -0.2) is 8.42 Å². The number of hydrogen-bond acceptors (Lipinski definition) is 3. The minimum Gasteiger partial charge on any atom is -0.302 e. The van der Waals surface area contributed by atoms with Gasteiger partial charge in [0.1, 0.15) is 0 Å². The molecule has 3 rings (SSSR count). The summed E-state index contributed by atoms with van der Waals surface area (Å²) < 4.78 is 23.3. The Hall–Kier alpha value is -0.350. The van der Waals surface area contributed by atoms with Crippen molar-refractivity contribution in [3.8, 4) is 0 Å². The van der Waals surface area contributed by atoms with Gasteiger partial charge in [-0.15, -0.1) is 0 Å². The smallest absolute Gasteiger partial charge is 0.151 e. The maximum Gasteiger partial charge on any atom is 0.151 e. The van der Waals surface area contributed by atoms with Gasteiger partial charge in [0.2, 0.25) is 0 Å². The number of fused-ring (bicyclic) bond motifs is 2. The van der Waals surface area contributed by atoms with Gasteiger partial charge in [-0.3, -0.25) is 0 Å². The Balaban J connectivity index is 1.59. The van der Waals surface area contributed by atoms with Crippen LogP contribution in [-0.4, -0.2) is 44.5 Å². The molecule has 0 N–H and O–H groups in total. The summed E-state index contributed by atoms with van der Waals surface area (Å²) in [6, 6.07) is 0. The van der Waals surface area contributed by atoms with Crippen molar-refractivity contribution in [2.24, 2.45) is 17.8 Å². The van der Waals surface area contributed by atoms with Gasteiger partial charge in [-0.05, 0) is 50.0 Å². The van der Waals surface area contributed by atoms with Crippen molar-refractivity contribution in [1.29, 1.82) is 0 Å². The third-order valence-corrected chi connectivity index (χ3v) is 6.57. The molecule has 2 fully saturated rings. The molecule has 0 spiro atoms. The fraction of sp³-hybridized carbons (Fsp3) is 0.857. The third-order valence-electron chi connectivity index (χ3n) is 4.98. The van der Waals surface area contributed by atoms with Gasteiger partial charge in [0.05, 0.1) is 5.25 Å². The number of allylic oxidation sites excluding steroid dienone is 2. The molecule has 0 radical (unpaired) electrons. The SMILES string of the molecule is CS(=O)(=O)[C@@H]1CCCN(C[C@@H]2C[C@H]3C=C[C@H]2C3)C1. The molecule has 3 nitrogen and oxygen atoms in total. The molecular formula is C14H23NO2S. The molecule has 3 aliphatic rings. The van der Waals surface area contributed by atoms with Crippen LogP contribution in [0.15, 0.2) is 12.2 Å². The predicted molar refractivity (Wildman–Crippen MR) is 73.1 cm³/mol. The molecule has 0 aromatic carbocycles. The summed E-state index contributed by atoms with van der Waals surface area (Å²) in [6.07, 6.45) is 10.7. The number of hydrogen-bond donors (Lipinski definition) is 0. The van der Waals surface area contributed by atoms with Crippen LogP contribution in [0.2, 0.25) is 0 Å². The van der Waals surface area contributed by atoms with Crippen molar-refractivity contribution >= 4 is 9.84 Å². The lowest BCUT2D eigenvalue weighted by Gasteiger charge is -2.34. The summed E-state index contributed by atoms with van der Waals surface area (Å²) in [5, 5.41) is -0.125. The summed E-state index contributed by atoms with van der Waals surface area (Å²) >= 11 is 0. The first-order valence-corrected chi connectivity index (χ1v) is 9.07. The first-order valence-electron chi connectivity index (χ1n) is 7.12. The fourth-order valence-corrected chi connectivity index (χ4v) is 5.04. The first-order chi connectivity index (χ1) is 8.52. The van der Waals surface area contributed by atoms with E-state index >= 15 is 0 Å². The van der Waals surface area contributed by atoms with Crippen LogP contribution in [0.25, 0.3) is 0 Å². The van der Waals surface area contributed by atoms with Gasteiger partial charge >= 0.3 is 0 Å². The summed E-state index contributed by atoms with van der Waals surface area (Å²) in [4.78, 5) is 2.40. The van der Waals surface area contributed by atoms with Crippen LogP contribution in [0.5, 0.6) is 0 Å². The van der Waals surface area contributed by atoms with Gasteiger partial charge < -0.3 is 4.90 Å². The molecule has 2 bridgehead atoms. The molecule has 18 heavy (non-hydrogen) atoms. The summed E-state index contributed by atoms with van der Waals surface area (Å²) in [5.41, 5.74) is 0. The topological polar surface area (TPSA) is 37.4 Å². The van der Waals surface area contributed by atoms with Crippen LogP contribution in [-0.2, 0) is 9.84 Å². The molecule has 1 heterocycles. The van der Waals surface area contributed by atoms with Crippen LogP contribution in [0.4, 0.5) is 0 Å². The molecule has 4 atom stereocenters. The highest BCUT2D eigenvalue weighted by Gasteiger charge is 2.37. The summed E-state index contributed by atoms with van der Waals surface area (Å²) in [5.74, 6) is 2.36. The zero-order valence-electron chi connectivity index (χ0n) is 11.1. The lowest BCUT2D eigenvalue weighted by molar-refractivity contribution is 0.185. The maximum absolute atomic E-state index is 11.7. The number of rotatable bonds is 3. The molecule has 4 heteroatoms. The van der Waals surface area contributed by atoms with Crippen molar-refractivity contribution in [3.63, 3.8) is 0 Å². The average Bonchev–Trinajstić information content (AvgIpc) is 2.90. The standard InChI is InChI=1S/C14H23NO2S/c1-18(16,17)14-3-2-6-15(10-14)9-13-8-11-4-5-12(13)7-11/h4-5,11-14H,2-3,6-10H2,1H3/t11-,12-,13-,14+/m0/s1. The van der Waals surface area contributed by atoms with Crippen LogP contribution < -0.4 is 0 Å². The monoisotopic (exact) mass is 269 g/mol. The van der Waals surface area contributed by atoms with E-state index in [2.05, 4.69) is 17.1 Å². The first kappa shape index (κ1) is 12.7. The number of piperidine rings is 1. The second-order valence-electron chi connectivity index (χ2n) is 6.39. The van der Waals surface area contributed by atoms with Crippen LogP contribution in [0.1, 0.15) is 25.7 Å². The molecule has 1 saturated heterocycles. The van der Waals surface area contributed by atoms with Gasteiger partial charge in [0.25, 0.3) is 0 Å². The third kappa shape index (κ3) is 2.50. The van der Waals surface area contributed by atoms with Gasteiger partial charge in [-0.1, -0.05) is 12.2 Å². The second-order valence-corrected chi connectivity index (χ2v) is 8.72. The van der Waals surface area contributed by atoms with E-state index in [1.165, 1.54) is 19.1 Å². The number of nitrogens with zero attached hydrogens (tertiary/aromatic N) is 1. The lowest BCUT2D eigenvalue weighted by Crippen LogP contribution is -2.44. The summed E-state index contributed by atoms with van der Waals surface area (Å²) in [6.45, 7) is 2.96. The Kier molecular flexibility index (Phi) is 3.27. The van der Waals surface area contributed by atoms with Gasteiger partial charge in [-0.2, -0.15) is 0 Å². The largest absolute Gasteiger partial charge is 0.302 e. The van der Waals surface area contributed by atoms with E-state index in [-0.39, 0.29) is 5.25 Å². The van der Waals surface area contributed by atoms with E-state index in [1.54, 1.807) is 0 Å². The Morgan fingerprint density at radius 3 is 2.72 bits per heavy atom. The molecule has 1 saturated carbocycles. The Morgan fingerprint density at radius 2 is 2.11 bits per heavy atom. The highest BCUT2D eigenvalue weighted by atomic mass is 32.2. The predicted octanol–water partition coefficient (Wildman–Crippen LogP) is 1.71. The van der Waals surface area contributed by atoms with E-state index in [9.17, 15) is 8.42 Å². The Morgan fingerprint density at radius 1 is 1.28 bits per heavy atom. The van der Waals surface area contributed by atoms with E-state index < -0.39 is 9.84 Å². The molecule has 0 amide bonds. The van der Waals surface area contributed by atoms with Crippen LogP contribution in [0, 0.1) is 17.8 Å². The van der Waals surface area contributed by atoms with Gasteiger partial charge in [0.15, 0.2) is 9.84 Å². The quantitative estimate of drug-likeness (QED) is 0.732. The van der Waals surface area contributed by atoms with E-state index in [0.29, 0.717) is 0 Å². The zero-order chi connectivity index (χ0) is 12.8. The molecule has 2 aliphatic carbocycles. The van der Waals surface area contributed by atoms with Crippen LogP contribution in [0.3, 0.4) is 0 Å². The molecule has 0 unspecified atom stereocenters. The molecule has 0 aromatic rings. The molecule has 102 valence electrons. The lowest BCUT2D eigenvalue weighted by atomic mass is 9.92. The zero-order valence-corrected chi connectivity index (χ0v) is 11.9. The minimum absolute atomic E-state index is 0.125. The number of sulfone groups is 1. The van der Waals surface area contributed by atoms with E-state index in [4.69, 9.17) is 0 Å². The highest BCUT2D eigenvalue weighted by Crippen LogP contribution is 2.43. The van der Waals surface area contributed by atoms with E-state index in [1.807, 2.05) is 0 Å². The Labute approximate surface area is 110 Å².